The molecule has 1 saturated heterocycles. The van der Waals surface area contributed by atoms with Crippen LogP contribution in [0.1, 0.15) is 16.7 Å². The molecule has 0 saturated carbocycles. The third-order valence-corrected chi connectivity index (χ3v) is 6.60. The molecule has 0 radical (unpaired) electrons. The zero-order valence-corrected chi connectivity index (χ0v) is 22.2. The molecule has 1 aliphatic rings. The Balaban J connectivity index is 1.62. The molecule has 3 aromatic rings. The summed E-state index contributed by atoms with van der Waals surface area (Å²) >= 11 is 3.41. The second kappa shape index (κ2) is 12.0. The largest absolute Gasteiger partial charge is 0.398 e. The minimum atomic E-state index is -0.774. The molecule has 38 heavy (non-hydrogen) atoms. The molecule has 1 fully saturated rings. The van der Waals surface area contributed by atoms with E-state index in [1.807, 2.05) is 43.3 Å². The van der Waals surface area contributed by atoms with Gasteiger partial charge in [-0.05, 0) is 84.6 Å². The molecular formula is C28H27BrFN5O3. The summed E-state index contributed by atoms with van der Waals surface area (Å²) in [5, 5.41) is 2.58. The first kappa shape index (κ1) is 27.0. The Kier molecular flexibility index (Phi) is 8.55. The second-order valence-electron chi connectivity index (χ2n) is 8.75. The van der Waals surface area contributed by atoms with Gasteiger partial charge in [-0.3, -0.25) is 9.79 Å². The molecule has 10 heteroatoms. The number of nitrogens with one attached hydrogen (secondary N) is 1. The number of rotatable bonds is 8. The second-order valence-corrected chi connectivity index (χ2v) is 9.67. The van der Waals surface area contributed by atoms with Crippen LogP contribution in [0.2, 0.25) is 0 Å². The summed E-state index contributed by atoms with van der Waals surface area (Å²) in [5.41, 5.74) is 16.3. The van der Waals surface area contributed by atoms with Crippen molar-refractivity contribution in [2.45, 2.75) is 19.6 Å². The molecule has 3 amide bonds. The first-order chi connectivity index (χ1) is 18.2. The summed E-state index contributed by atoms with van der Waals surface area (Å²) in [7, 11) is 0. The number of anilines is 1. The van der Waals surface area contributed by atoms with Gasteiger partial charge in [-0.1, -0.05) is 28.1 Å². The van der Waals surface area contributed by atoms with Gasteiger partial charge in [-0.2, -0.15) is 0 Å². The van der Waals surface area contributed by atoms with Gasteiger partial charge in [0, 0.05) is 34.2 Å². The third kappa shape index (κ3) is 6.64. The predicted molar refractivity (Wildman–Crippen MR) is 149 cm³/mol. The number of hydrogen-bond acceptors (Lipinski definition) is 5. The molecule has 0 aliphatic carbocycles. The van der Waals surface area contributed by atoms with Crippen LogP contribution in [0.4, 0.5) is 20.6 Å². The molecule has 1 unspecified atom stereocenters. The number of primary amides is 1. The van der Waals surface area contributed by atoms with Gasteiger partial charge in [0.1, 0.15) is 12.4 Å². The maximum Gasteiger partial charge on any atom is 0.316 e. The molecule has 3 aromatic carbocycles. The van der Waals surface area contributed by atoms with Gasteiger partial charge in [-0.25, -0.2) is 9.18 Å². The molecule has 8 nitrogen and oxygen atoms in total. The number of benzene rings is 3. The lowest BCUT2D eigenvalue weighted by atomic mass is 10.0. The van der Waals surface area contributed by atoms with Crippen LogP contribution in [0.25, 0.3) is 5.70 Å². The highest BCUT2D eigenvalue weighted by Gasteiger charge is 2.35. The average Bonchev–Trinajstić information content (AvgIpc) is 3.25. The van der Waals surface area contributed by atoms with Crippen LogP contribution in [0.15, 0.2) is 81.8 Å². The first-order valence-corrected chi connectivity index (χ1v) is 12.6. The van der Waals surface area contributed by atoms with E-state index < -0.39 is 12.3 Å². The van der Waals surface area contributed by atoms with Crippen molar-refractivity contribution < 1.29 is 18.7 Å². The van der Waals surface area contributed by atoms with Crippen molar-refractivity contribution in [3.63, 3.8) is 0 Å². The Labute approximate surface area is 228 Å². The number of nitrogens with zero attached hydrogens (tertiary/aromatic N) is 2. The maximum atomic E-state index is 13.6. The SMILES string of the molecule is Cc1cc(CCN2C(=O)COC2C(C=Nc2ccc(Br)cc2)=C(N)c2ccc(F)cc2)ccc1NC(N)=O. The molecule has 1 atom stereocenters. The number of aryl methyl sites for hydroxylation is 1. The normalized spacial score (nSPS) is 16.1. The number of hydrogen-bond donors (Lipinski definition) is 3. The average molecular weight is 580 g/mol. The number of halogens is 2. The smallest absolute Gasteiger partial charge is 0.316 e. The van der Waals surface area contributed by atoms with E-state index in [1.165, 1.54) is 12.1 Å². The molecule has 1 heterocycles. The van der Waals surface area contributed by atoms with Crippen molar-refractivity contribution in [3.05, 3.63) is 99.3 Å². The number of nitrogens with two attached hydrogens (primary N) is 2. The summed E-state index contributed by atoms with van der Waals surface area (Å²) < 4.78 is 20.4. The van der Waals surface area contributed by atoms with Crippen molar-refractivity contribution in [2.75, 3.05) is 18.5 Å². The number of ether oxygens (including phenoxy) is 1. The van der Waals surface area contributed by atoms with Crippen LogP contribution in [0, 0.1) is 12.7 Å². The fraction of sp³-hybridized carbons (Fsp3) is 0.179. The molecule has 196 valence electrons. The van der Waals surface area contributed by atoms with Crippen molar-refractivity contribution >= 4 is 51.2 Å². The quantitative estimate of drug-likeness (QED) is 0.329. The lowest BCUT2D eigenvalue weighted by molar-refractivity contribution is -0.127. The van der Waals surface area contributed by atoms with E-state index in [9.17, 15) is 14.0 Å². The van der Waals surface area contributed by atoms with Crippen molar-refractivity contribution in [1.82, 2.24) is 4.90 Å². The minimum Gasteiger partial charge on any atom is -0.398 e. The molecule has 0 spiro atoms. The highest BCUT2D eigenvalue weighted by Crippen LogP contribution is 2.26. The Hall–Kier alpha value is -4.02. The summed E-state index contributed by atoms with van der Waals surface area (Å²) in [4.78, 5) is 30.2. The summed E-state index contributed by atoms with van der Waals surface area (Å²) in [6.07, 6.45) is 1.35. The summed E-state index contributed by atoms with van der Waals surface area (Å²) in [5.74, 6) is -0.562. The van der Waals surface area contributed by atoms with Gasteiger partial charge in [0.05, 0.1) is 5.69 Å². The molecule has 1 aliphatic heterocycles. The van der Waals surface area contributed by atoms with Gasteiger partial charge >= 0.3 is 6.03 Å². The molecule has 4 rings (SSSR count). The topological polar surface area (TPSA) is 123 Å². The number of urea groups is 1. The van der Waals surface area contributed by atoms with Gasteiger partial charge < -0.3 is 26.4 Å². The van der Waals surface area contributed by atoms with Crippen LogP contribution in [0.3, 0.4) is 0 Å². The van der Waals surface area contributed by atoms with Gasteiger partial charge in [-0.15, -0.1) is 0 Å². The van der Waals surface area contributed by atoms with Gasteiger partial charge in [0.25, 0.3) is 5.91 Å². The Morgan fingerprint density at radius 1 is 1.16 bits per heavy atom. The maximum absolute atomic E-state index is 13.6. The fourth-order valence-corrected chi connectivity index (χ4v) is 4.36. The van der Waals surface area contributed by atoms with Crippen LogP contribution < -0.4 is 16.8 Å². The highest BCUT2D eigenvalue weighted by molar-refractivity contribution is 9.10. The zero-order valence-electron chi connectivity index (χ0n) is 20.7. The van der Waals surface area contributed by atoms with E-state index in [0.717, 1.165) is 15.6 Å². The van der Waals surface area contributed by atoms with Crippen molar-refractivity contribution in [3.8, 4) is 0 Å². The fourth-order valence-electron chi connectivity index (χ4n) is 4.09. The summed E-state index contributed by atoms with van der Waals surface area (Å²) in [6, 6.07) is 18.1. The molecule has 5 N–H and O–H groups in total. The van der Waals surface area contributed by atoms with E-state index in [0.29, 0.717) is 41.2 Å². The molecular weight excluding hydrogens is 553 g/mol. The van der Waals surface area contributed by atoms with E-state index in [1.54, 1.807) is 29.3 Å². The lowest BCUT2D eigenvalue weighted by Crippen LogP contribution is -2.38. The predicted octanol–water partition coefficient (Wildman–Crippen LogP) is 4.89. The Morgan fingerprint density at radius 2 is 1.87 bits per heavy atom. The van der Waals surface area contributed by atoms with E-state index in [4.69, 9.17) is 16.2 Å². The van der Waals surface area contributed by atoms with E-state index in [-0.39, 0.29) is 18.3 Å². The number of carbonyl (C=O) groups is 2. The zero-order chi connectivity index (χ0) is 27.2. The number of aliphatic imine (C=N–C) groups is 1. The van der Waals surface area contributed by atoms with Crippen LogP contribution in [-0.4, -0.2) is 42.4 Å². The minimum absolute atomic E-state index is 0.0997. The van der Waals surface area contributed by atoms with Crippen molar-refractivity contribution in [1.29, 1.82) is 0 Å². The van der Waals surface area contributed by atoms with Gasteiger partial charge in [0.15, 0.2) is 6.23 Å². The van der Waals surface area contributed by atoms with Gasteiger partial charge in [0.2, 0.25) is 0 Å². The molecule has 0 bridgehead atoms. The van der Waals surface area contributed by atoms with E-state index in [2.05, 4.69) is 26.2 Å². The molecule has 0 aromatic heterocycles. The Bertz CT molecular complexity index is 1390. The lowest BCUT2D eigenvalue weighted by Gasteiger charge is -2.25. The number of carbonyl (C=O) groups excluding carboxylic acids is 2. The number of amides is 3. The van der Waals surface area contributed by atoms with E-state index >= 15 is 0 Å². The Morgan fingerprint density at radius 3 is 2.53 bits per heavy atom. The monoisotopic (exact) mass is 579 g/mol. The summed E-state index contributed by atoms with van der Waals surface area (Å²) in [6.45, 7) is 2.12. The highest BCUT2D eigenvalue weighted by atomic mass is 79.9. The van der Waals surface area contributed by atoms with Crippen LogP contribution in [-0.2, 0) is 16.0 Å². The van der Waals surface area contributed by atoms with Crippen molar-refractivity contribution in [2.24, 2.45) is 16.5 Å². The standard InChI is InChI=1S/C28H27BrFN5O3/c1-17-14-18(2-11-24(17)34-28(32)37)12-13-35-25(36)16-38-27(35)23(15-33-22-9-5-20(29)6-10-22)26(31)19-3-7-21(30)8-4-19/h2-11,14-15,27H,12-13,16,31H2,1H3,(H3,32,34,37). The van der Waals surface area contributed by atoms with Crippen LogP contribution >= 0.6 is 15.9 Å². The third-order valence-electron chi connectivity index (χ3n) is 6.07. The van der Waals surface area contributed by atoms with Crippen LogP contribution in [0.5, 0.6) is 0 Å². The first-order valence-electron chi connectivity index (χ1n) is 11.8.